The van der Waals surface area contributed by atoms with Crippen molar-refractivity contribution >= 4 is 86.5 Å². The standard InChI is InChI=1S/C28H22F6N6S.2C28H25F3N6S/c1-17(2)23-12-9-21(29)13-24(23)39-16-41-26(39)37-36-14-18-3-5-19(6-4-18)25-35-15-40(38-25)22-10-7-20(8-11-22)27(30,31)28(32,33)34;1-18(2)24-14-19(3)4-13-25(24)36-17-38-27(36)34-33-15-20-5-7-21(8-6-20)26-32-16-37(35-26)23-11-9-22(10-12-23)28(29,30)31;1-18(2)24-13-10-22(29)14-25(24)36-17-38-27(36)34-33-15-19-4-6-20(7-5-19)26-32-16-37(35-26)23-11-8-21(9-12-23)28(3,30)31/h3-15,17H,16H2,1-2H3;2*4-16,18H,17H2,1-3H3/b36-14+,37-26-;2*33-15+,34-27-. The number of nitrogens with zero attached hydrogens (tertiary/aromatic N) is 18. The number of amidine groups is 3. The lowest BCUT2D eigenvalue weighted by Crippen LogP contribution is -2.39. The van der Waals surface area contributed by atoms with E-state index in [2.05, 4.69) is 119 Å². The predicted octanol–water partition coefficient (Wildman–Crippen LogP) is 22.2. The summed E-state index contributed by atoms with van der Waals surface area (Å²) in [6.45, 7) is 15.6. The van der Waals surface area contributed by atoms with Gasteiger partial charge in [-0.25, -0.2) is 46.6 Å². The quantitative estimate of drug-likeness (QED) is 0.0401. The lowest BCUT2D eigenvalue weighted by molar-refractivity contribution is -0.289. The number of halogens is 12. The van der Waals surface area contributed by atoms with E-state index in [9.17, 15) is 52.7 Å². The van der Waals surface area contributed by atoms with E-state index >= 15 is 0 Å². The number of thioether (sulfide) groups is 3. The summed E-state index contributed by atoms with van der Waals surface area (Å²) in [6.07, 6.45) is -0.779. The molecule has 0 saturated carbocycles. The Balaban J connectivity index is 0.000000153. The Morgan fingerprint density at radius 3 is 1.02 bits per heavy atom. The van der Waals surface area contributed by atoms with Crippen LogP contribution in [0.2, 0.25) is 0 Å². The van der Waals surface area contributed by atoms with Gasteiger partial charge in [-0.1, -0.05) is 204 Å². The fraction of sp³-hybridized carbons (Fsp3) is 0.214. The van der Waals surface area contributed by atoms with E-state index in [1.165, 1.54) is 93.1 Å². The van der Waals surface area contributed by atoms with Gasteiger partial charge in [0.2, 0.25) is 0 Å². The van der Waals surface area contributed by atoms with E-state index < -0.39 is 35.3 Å². The monoisotopic (exact) mass is 1660 g/mol. The van der Waals surface area contributed by atoms with Crippen molar-refractivity contribution in [2.45, 2.75) is 97.3 Å². The summed E-state index contributed by atoms with van der Waals surface area (Å²) in [4.78, 5) is 18.9. The van der Waals surface area contributed by atoms with Crippen LogP contribution >= 0.6 is 35.3 Å². The van der Waals surface area contributed by atoms with Crippen LogP contribution in [0.4, 0.5) is 69.7 Å². The SMILES string of the molecule is CC(C)c1ccc(F)cc1N1CS/C1=N\N=C\c1ccc(-c2ncn(-c3ccc(C(C)(F)F)cc3)n2)cc1.CC(C)c1ccc(F)cc1N1CS/C1=N\N=C\c1ccc(-c2ncn(-c3ccc(C(F)(F)C(F)(F)F)cc3)n2)cc1.Cc1ccc(N2CS/C2=N\N=C\c2ccc(-c3ncn(-c4ccc(C(F)(F)F)cc4)n3)cc2)c(C(C)C)c1. The summed E-state index contributed by atoms with van der Waals surface area (Å²) < 4.78 is 162. The molecule has 15 rings (SSSR count). The molecule has 0 spiro atoms. The molecule has 6 heterocycles. The molecular weight excluding hydrogens is 1590 g/mol. The largest absolute Gasteiger partial charge is 0.458 e. The molecule has 0 N–H and O–H groups in total. The van der Waals surface area contributed by atoms with Crippen molar-refractivity contribution in [3.8, 4) is 51.2 Å². The normalized spacial score (nSPS) is 15.1. The second-order valence-electron chi connectivity index (χ2n) is 27.9. The molecule has 0 unspecified atom stereocenters. The highest BCUT2D eigenvalue weighted by Gasteiger charge is 2.58. The molecule has 0 radical (unpaired) electrons. The lowest BCUT2D eigenvalue weighted by atomic mass is 9.98. The van der Waals surface area contributed by atoms with Crippen molar-refractivity contribution in [3.05, 3.63) is 286 Å². The second kappa shape index (κ2) is 35.2. The Morgan fingerprint density at radius 1 is 0.376 bits per heavy atom. The third-order valence-corrected chi connectivity index (χ3v) is 21.4. The molecule has 18 nitrogen and oxygen atoms in total. The maximum Gasteiger partial charge on any atom is 0.458 e. The van der Waals surface area contributed by atoms with Crippen molar-refractivity contribution in [1.82, 2.24) is 44.3 Å². The van der Waals surface area contributed by atoms with Gasteiger partial charge >= 0.3 is 18.3 Å². The van der Waals surface area contributed by atoms with Crippen LogP contribution in [0.15, 0.2) is 250 Å². The van der Waals surface area contributed by atoms with Crippen LogP contribution in [0, 0.1) is 18.6 Å². The van der Waals surface area contributed by atoms with Gasteiger partial charge < -0.3 is 14.7 Å². The molecule has 3 fully saturated rings. The van der Waals surface area contributed by atoms with Gasteiger partial charge in [-0.2, -0.15) is 50.4 Å². The molecule has 3 aliphatic rings. The lowest BCUT2D eigenvalue weighted by Gasteiger charge is -2.35. The highest BCUT2D eigenvalue weighted by molar-refractivity contribution is 8.17. The number of alkyl halides is 10. The van der Waals surface area contributed by atoms with Crippen molar-refractivity contribution < 1.29 is 52.7 Å². The summed E-state index contributed by atoms with van der Waals surface area (Å²) >= 11 is 4.72. The number of hydrogen-bond donors (Lipinski definition) is 0. The van der Waals surface area contributed by atoms with Gasteiger partial charge in [0.1, 0.15) is 30.6 Å². The van der Waals surface area contributed by atoms with Crippen LogP contribution in [0.3, 0.4) is 0 Å². The third-order valence-electron chi connectivity index (χ3n) is 18.5. The number of aryl methyl sites for hydroxylation is 1. The van der Waals surface area contributed by atoms with Gasteiger partial charge in [0.25, 0.3) is 5.92 Å². The van der Waals surface area contributed by atoms with E-state index in [0.717, 1.165) is 97.7 Å². The van der Waals surface area contributed by atoms with Crippen LogP contribution in [0.1, 0.15) is 122 Å². The second-order valence-corrected chi connectivity index (χ2v) is 30.7. The molecule has 600 valence electrons. The summed E-state index contributed by atoms with van der Waals surface area (Å²) in [5.41, 5.74) is 11.6. The molecular formula is C84H72F12N18S3. The van der Waals surface area contributed by atoms with Crippen LogP contribution in [0.25, 0.3) is 51.2 Å². The molecule has 0 aliphatic carbocycles. The molecule has 9 aromatic carbocycles. The van der Waals surface area contributed by atoms with E-state index in [0.29, 0.717) is 69.4 Å². The van der Waals surface area contributed by atoms with Gasteiger partial charge in [0.05, 0.1) is 70.3 Å². The van der Waals surface area contributed by atoms with Gasteiger partial charge in [0, 0.05) is 40.4 Å². The number of rotatable bonds is 20. The Morgan fingerprint density at radius 2 is 0.709 bits per heavy atom. The molecule has 3 aromatic heterocycles. The Labute approximate surface area is 677 Å². The van der Waals surface area contributed by atoms with Gasteiger partial charge in [-0.3, -0.25) is 0 Å². The van der Waals surface area contributed by atoms with Gasteiger partial charge in [-0.05, 0) is 137 Å². The minimum atomic E-state index is -5.68. The van der Waals surface area contributed by atoms with Crippen molar-refractivity contribution in [3.63, 3.8) is 0 Å². The minimum Gasteiger partial charge on any atom is -0.309 e. The highest BCUT2D eigenvalue weighted by Crippen LogP contribution is 2.45. The van der Waals surface area contributed by atoms with Crippen molar-refractivity contribution in [2.75, 3.05) is 32.3 Å². The van der Waals surface area contributed by atoms with E-state index in [1.807, 2.05) is 78.2 Å². The molecule has 117 heavy (non-hydrogen) atoms. The average molecular weight is 1660 g/mol. The molecule has 0 bridgehead atoms. The fourth-order valence-corrected chi connectivity index (χ4v) is 14.2. The van der Waals surface area contributed by atoms with E-state index in [-0.39, 0.29) is 34.7 Å². The highest BCUT2D eigenvalue weighted by atomic mass is 32.2. The van der Waals surface area contributed by atoms with Crippen LogP contribution in [-0.4, -0.2) is 102 Å². The molecule has 0 atom stereocenters. The van der Waals surface area contributed by atoms with E-state index in [4.69, 9.17) is 0 Å². The van der Waals surface area contributed by atoms with Crippen LogP contribution in [-0.2, 0) is 18.0 Å². The first kappa shape index (κ1) is 83.0. The molecule has 12 aromatic rings. The first-order valence-electron chi connectivity index (χ1n) is 36.3. The van der Waals surface area contributed by atoms with E-state index in [1.54, 1.807) is 102 Å². The smallest absolute Gasteiger partial charge is 0.309 e. The maximum absolute atomic E-state index is 13.9. The summed E-state index contributed by atoms with van der Waals surface area (Å²) in [5, 5.41) is 41.1. The average Bonchev–Trinajstić information content (AvgIpc) is 1.76. The van der Waals surface area contributed by atoms with Crippen molar-refractivity contribution in [1.29, 1.82) is 0 Å². The van der Waals surface area contributed by atoms with Gasteiger partial charge in [-0.15, -0.1) is 30.6 Å². The minimum absolute atomic E-state index is 0.0538. The number of anilines is 3. The summed E-state index contributed by atoms with van der Waals surface area (Å²) in [5.74, 6) is -4.05. The predicted molar refractivity (Wildman–Crippen MR) is 441 cm³/mol. The van der Waals surface area contributed by atoms with Crippen LogP contribution < -0.4 is 14.7 Å². The molecule has 33 heteroatoms. The first-order valence-corrected chi connectivity index (χ1v) is 39.3. The molecule has 0 amide bonds. The molecule has 3 saturated heterocycles. The number of benzene rings is 9. The zero-order valence-corrected chi connectivity index (χ0v) is 66.1. The maximum atomic E-state index is 13.9. The fourth-order valence-electron chi connectivity index (χ4n) is 12.0. The number of aromatic nitrogens is 9. The molecule has 3 aliphatic heterocycles. The zero-order chi connectivity index (χ0) is 83.1. The Hall–Kier alpha value is -12.0. The Kier molecular flexibility index (Phi) is 25.0. The van der Waals surface area contributed by atoms with Crippen molar-refractivity contribution in [2.24, 2.45) is 30.6 Å². The zero-order valence-electron chi connectivity index (χ0n) is 63.7. The summed E-state index contributed by atoms with van der Waals surface area (Å²) in [7, 11) is 0. The van der Waals surface area contributed by atoms with Gasteiger partial charge in [0.15, 0.2) is 33.0 Å². The number of hydrogen-bond acceptors (Lipinski definition) is 15. The Bertz CT molecular complexity index is 5680. The first-order chi connectivity index (χ1) is 55.8. The summed E-state index contributed by atoms with van der Waals surface area (Å²) in [6, 6.07) is 52.6. The van der Waals surface area contributed by atoms with Crippen LogP contribution in [0.5, 0.6) is 0 Å². The topological polar surface area (TPSA) is 176 Å². The third kappa shape index (κ3) is 19.8.